The Morgan fingerprint density at radius 2 is 1.96 bits per heavy atom. The Morgan fingerprint density at radius 1 is 1.23 bits per heavy atom. The van der Waals surface area contributed by atoms with Crippen LogP contribution in [0, 0.1) is 40.4 Å². The molecular weight excluding hydrogens is 324 g/mol. The molecule has 26 heavy (non-hydrogen) atoms. The second-order valence-corrected chi connectivity index (χ2v) is 9.91. The van der Waals surface area contributed by atoms with E-state index in [1.165, 1.54) is 25.2 Å². The molecule has 3 aliphatic carbocycles. The molecule has 3 rings (SSSR count). The molecule has 0 spiro atoms. The third-order valence-corrected chi connectivity index (χ3v) is 8.57. The standard InChI is InChI=1S/C23H36O3/c1-15-8-10-23(5,18(12-15)14-26-17(3)25)21-9-11-22(4)16(2)6-7-20(22)19(21)13-24/h13,15,18-21H,2,6-12,14H2,1,3-5H3/t15-,18+,19-,20-,21-,22+,23-/m0/s1. The zero-order valence-corrected chi connectivity index (χ0v) is 17.1. The van der Waals surface area contributed by atoms with Gasteiger partial charge in [0.2, 0.25) is 0 Å². The molecule has 0 aromatic rings. The fourth-order valence-electron chi connectivity index (χ4n) is 6.66. The van der Waals surface area contributed by atoms with Crippen LogP contribution in [0.1, 0.15) is 72.6 Å². The van der Waals surface area contributed by atoms with Crippen molar-refractivity contribution in [1.82, 2.24) is 0 Å². The molecule has 0 saturated heterocycles. The van der Waals surface area contributed by atoms with Crippen molar-refractivity contribution in [2.45, 2.75) is 72.6 Å². The molecular formula is C23H36O3. The third-order valence-electron chi connectivity index (χ3n) is 8.57. The summed E-state index contributed by atoms with van der Waals surface area (Å²) in [6.07, 6.45) is 9.13. The molecule has 0 amide bonds. The van der Waals surface area contributed by atoms with Gasteiger partial charge in [0, 0.05) is 12.8 Å². The average Bonchev–Trinajstić information content (AvgIpc) is 2.90. The van der Waals surface area contributed by atoms with Crippen LogP contribution < -0.4 is 0 Å². The Hall–Kier alpha value is -1.12. The summed E-state index contributed by atoms with van der Waals surface area (Å²) in [4.78, 5) is 23.7. The normalized spacial score (nSPS) is 45.8. The van der Waals surface area contributed by atoms with Gasteiger partial charge in [-0.1, -0.05) is 39.3 Å². The number of fused-ring (bicyclic) bond motifs is 1. The number of carbonyl (C=O) groups excluding carboxylic acids is 2. The summed E-state index contributed by atoms with van der Waals surface area (Å²) in [5.41, 5.74) is 1.58. The molecule has 0 bridgehead atoms. The van der Waals surface area contributed by atoms with Crippen LogP contribution in [0.3, 0.4) is 0 Å². The van der Waals surface area contributed by atoms with E-state index in [0.29, 0.717) is 30.3 Å². The molecule has 3 fully saturated rings. The van der Waals surface area contributed by atoms with Crippen molar-refractivity contribution >= 4 is 12.3 Å². The molecule has 3 nitrogen and oxygen atoms in total. The van der Waals surface area contributed by atoms with Gasteiger partial charge in [-0.25, -0.2) is 0 Å². The Morgan fingerprint density at radius 3 is 2.62 bits per heavy atom. The summed E-state index contributed by atoms with van der Waals surface area (Å²) >= 11 is 0. The lowest BCUT2D eigenvalue weighted by molar-refractivity contribution is -0.149. The van der Waals surface area contributed by atoms with Gasteiger partial charge in [0.1, 0.15) is 6.29 Å². The van der Waals surface area contributed by atoms with E-state index in [-0.39, 0.29) is 22.7 Å². The molecule has 0 radical (unpaired) electrons. The highest BCUT2D eigenvalue weighted by atomic mass is 16.5. The smallest absolute Gasteiger partial charge is 0.302 e. The van der Waals surface area contributed by atoms with E-state index in [0.717, 1.165) is 38.5 Å². The van der Waals surface area contributed by atoms with Gasteiger partial charge in [-0.3, -0.25) is 4.79 Å². The van der Waals surface area contributed by atoms with Crippen molar-refractivity contribution in [3.8, 4) is 0 Å². The second kappa shape index (κ2) is 7.13. The molecule has 146 valence electrons. The first-order valence-corrected chi connectivity index (χ1v) is 10.5. The van der Waals surface area contributed by atoms with Crippen LogP contribution in [-0.2, 0) is 14.3 Å². The highest BCUT2D eigenvalue weighted by Gasteiger charge is 2.56. The monoisotopic (exact) mass is 360 g/mol. The maximum Gasteiger partial charge on any atom is 0.302 e. The fraction of sp³-hybridized carbons (Fsp3) is 0.826. The summed E-state index contributed by atoms with van der Waals surface area (Å²) < 4.78 is 5.47. The molecule has 7 atom stereocenters. The van der Waals surface area contributed by atoms with E-state index in [1.54, 1.807) is 0 Å². The van der Waals surface area contributed by atoms with Crippen molar-refractivity contribution in [2.75, 3.05) is 6.61 Å². The number of rotatable bonds is 4. The molecule has 0 heterocycles. The van der Waals surface area contributed by atoms with E-state index < -0.39 is 0 Å². The van der Waals surface area contributed by atoms with Crippen LogP contribution in [0.4, 0.5) is 0 Å². The second-order valence-electron chi connectivity index (χ2n) is 9.91. The van der Waals surface area contributed by atoms with E-state index in [4.69, 9.17) is 4.74 Å². The minimum atomic E-state index is -0.194. The summed E-state index contributed by atoms with van der Waals surface area (Å²) in [7, 11) is 0. The third kappa shape index (κ3) is 3.16. The Bertz CT molecular complexity index is 582. The molecule has 0 aromatic carbocycles. The quantitative estimate of drug-likeness (QED) is 0.394. The van der Waals surface area contributed by atoms with E-state index in [1.807, 2.05) is 0 Å². The molecule has 0 aromatic heterocycles. The Balaban J connectivity index is 1.87. The maximum atomic E-state index is 12.3. The minimum Gasteiger partial charge on any atom is -0.466 e. The molecule has 0 aliphatic heterocycles. The van der Waals surface area contributed by atoms with Crippen LogP contribution in [0.5, 0.6) is 0 Å². The number of ether oxygens (including phenoxy) is 1. The lowest BCUT2D eigenvalue weighted by Crippen LogP contribution is -2.51. The molecule has 0 unspecified atom stereocenters. The van der Waals surface area contributed by atoms with E-state index >= 15 is 0 Å². The number of hydrogen-bond donors (Lipinski definition) is 0. The first-order chi connectivity index (χ1) is 12.2. The van der Waals surface area contributed by atoms with Gasteiger partial charge in [-0.2, -0.15) is 0 Å². The first-order valence-electron chi connectivity index (χ1n) is 10.5. The van der Waals surface area contributed by atoms with Gasteiger partial charge < -0.3 is 9.53 Å². The van der Waals surface area contributed by atoms with Crippen LogP contribution >= 0.6 is 0 Å². The number of allylic oxidation sites excluding steroid dienone is 1. The van der Waals surface area contributed by atoms with Gasteiger partial charge in [0.25, 0.3) is 0 Å². The number of aldehydes is 1. The van der Waals surface area contributed by atoms with Gasteiger partial charge in [0.15, 0.2) is 0 Å². The molecule has 3 saturated carbocycles. The lowest BCUT2D eigenvalue weighted by atomic mass is 9.49. The van der Waals surface area contributed by atoms with Crippen molar-refractivity contribution in [3.63, 3.8) is 0 Å². The molecule has 3 aliphatic rings. The Labute approximate surface area is 158 Å². The van der Waals surface area contributed by atoms with Crippen LogP contribution in [0.25, 0.3) is 0 Å². The van der Waals surface area contributed by atoms with Gasteiger partial charge >= 0.3 is 5.97 Å². The van der Waals surface area contributed by atoms with E-state index in [2.05, 4.69) is 27.4 Å². The van der Waals surface area contributed by atoms with Gasteiger partial charge in [-0.05, 0) is 73.0 Å². The van der Waals surface area contributed by atoms with Gasteiger partial charge in [0.05, 0.1) is 6.61 Å². The maximum absolute atomic E-state index is 12.3. The highest BCUT2D eigenvalue weighted by molar-refractivity contribution is 5.65. The SMILES string of the molecule is C=C1CC[C@H]2[C@H](C=O)[C@@H]([C@@]3(C)CC[C@H](C)C[C@@H]3COC(C)=O)CC[C@]12C. The zero-order chi connectivity index (χ0) is 19.1. The fourth-order valence-corrected chi connectivity index (χ4v) is 6.66. The first kappa shape index (κ1) is 19.6. The molecule has 3 heteroatoms. The predicted molar refractivity (Wildman–Crippen MR) is 103 cm³/mol. The summed E-state index contributed by atoms with van der Waals surface area (Å²) in [6.45, 7) is 13.3. The van der Waals surface area contributed by atoms with E-state index in [9.17, 15) is 9.59 Å². The predicted octanol–water partition coefficient (Wildman–Crippen LogP) is 5.19. The largest absolute Gasteiger partial charge is 0.466 e. The number of esters is 1. The van der Waals surface area contributed by atoms with Crippen LogP contribution in [-0.4, -0.2) is 18.9 Å². The van der Waals surface area contributed by atoms with Crippen molar-refractivity contribution in [2.24, 2.45) is 40.4 Å². The topological polar surface area (TPSA) is 43.4 Å². The number of hydrogen-bond acceptors (Lipinski definition) is 3. The zero-order valence-electron chi connectivity index (χ0n) is 17.1. The lowest BCUT2D eigenvalue weighted by Gasteiger charge is -2.55. The minimum absolute atomic E-state index is 0.0821. The summed E-state index contributed by atoms with van der Waals surface area (Å²) in [5, 5.41) is 0. The Kier molecular flexibility index (Phi) is 5.38. The van der Waals surface area contributed by atoms with Crippen molar-refractivity contribution in [3.05, 3.63) is 12.2 Å². The highest BCUT2D eigenvalue weighted by Crippen LogP contribution is 2.63. The van der Waals surface area contributed by atoms with Gasteiger partial charge in [-0.15, -0.1) is 0 Å². The van der Waals surface area contributed by atoms with Crippen LogP contribution in [0.15, 0.2) is 12.2 Å². The van der Waals surface area contributed by atoms with Crippen molar-refractivity contribution in [1.29, 1.82) is 0 Å². The average molecular weight is 361 g/mol. The summed E-state index contributed by atoms with van der Waals surface area (Å²) in [6, 6.07) is 0. The summed E-state index contributed by atoms with van der Waals surface area (Å²) in [5.74, 6) is 1.79. The number of carbonyl (C=O) groups is 2. The van der Waals surface area contributed by atoms with Crippen molar-refractivity contribution < 1.29 is 14.3 Å². The molecule has 0 N–H and O–H groups in total. The van der Waals surface area contributed by atoms with Crippen LogP contribution in [0.2, 0.25) is 0 Å².